The molecule has 1 aliphatic rings. The highest BCUT2D eigenvalue weighted by Crippen LogP contribution is 2.61. The molecule has 0 aliphatic carbocycles. The predicted octanol–water partition coefficient (Wildman–Crippen LogP) is 1.96. The summed E-state index contributed by atoms with van der Waals surface area (Å²) in [6.07, 6.45) is 1.29. The molecule has 83 valence electrons. The van der Waals surface area contributed by atoms with Gasteiger partial charge < -0.3 is 19.7 Å². The molecular formula is C10H15NO3P. The van der Waals surface area contributed by atoms with E-state index in [-0.39, 0.29) is 0 Å². The van der Waals surface area contributed by atoms with Crippen LogP contribution >= 0.6 is 7.94 Å². The lowest BCUT2D eigenvalue weighted by Gasteiger charge is -2.32. The monoisotopic (exact) mass is 228 g/mol. The fourth-order valence-corrected chi connectivity index (χ4v) is 3.21. The number of hydrogen-bond acceptors (Lipinski definition) is 4. The number of benzene rings is 1. The van der Waals surface area contributed by atoms with Crippen LogP contribution in [0, 0.1) is 0 Å². The largest absolute Gasteiger partial charge is 0.399 e. The van der Waals surface area contributed by atoms with Gasteiger partial charge in [0.05, 0.1) is 19.4 Å². The second kappa shape index (κ2) is 4.45. The summed E-state index contributed by atoms with van der Waals surface area (Å²) in [6.45, 7) is 1.17. The van der Waals surface area contributed by atoms with Gasteiger partial charge in [0.1, 0.15) is 0 Å². The Bertz CT molecular complexity index is 322. The molecule has 0 atom stereocenters. The van der Waals surface area contributed by atoms with Crippen LogP contribution in [0.25, 0.3) is 0 Å². The Morgan fingerprint density at radius 3 is 2.40 bits per heavy atom. The molecule has 0 amide bonds. The van der Waals surface area contributed by atoms with Gasteiger partial charge in [0.25, 0.3) is 0 Å². The van der Waals surface area contributed by atoms with E-state index in [0.717, 1.165) is 17.7 Å². The van der Waals surface area contributed by atoms with Gasteiger partial charge in [0.2, 0.25) is 7.94 Å². The molecule has 0 spiro atoms. The minimum atomic E-state index is -2.64. The molecule has 1 radical (unpaired) electrons. The lowest BCUT2D eigenvalue weighted by molar-refractivity contribution is 0.120. The molecule has 1 aromatic rings. The van der Waals surface area contributed by atoms with E-state index in [4.69, 9.17) is 14.8 Å². The molecule has 2 rings (SSSR count). The van der Waals surface area contributed by atoms with E-state index in [1.54, 1.807) is 0 Å². The van der Waals surface area contributed by atoms with Gasteiger partial charge in [-0.05, 0) is 24.1 Å². The Labute approximate surface area is 89.6 Å². The third kappa shape index (κ3) is 2.89. The Morgan fingerprint density at radius 2 is 1.80 bits per heavy atom. The molecular weight excluding hydrogens is 213 g/mol. The lowest BCUT2D eigenvalue weighted by atomic mass is 10.2. The first-order valence-corrected chi connectivity index (χ1v) is 6.69. The summed E-state index contributed by atoms with van der Waals surface area (Å²) in [5.41, 5.74) is 7.28. The average Bonchev–Trinajstić information content (AvgIpc) is 2.22. The van der Waals surface area contributed by atoms with Crippen molar-refractivity contribution >= 4 is 13.6 Å². The van der Waals surface area contributed by atoms with Crippen molar-refractivity contribution in [1.82, 2.24) is 0 Å². The fourth-order valence-electron chi connectivity index (χ4n) is 1.46. The zero-order valence-electron chi connectivity index (χ0n) is 8.43. The van der Waals surface area contributed by atoms with E-state index >= 15 is 0 Å². The molecule has 3 N–H and O–H groups in total. The van der Waals surface area contributed by atoms with Gasteiger partial charge in [0.15, 0.2) is 0 Å². The first kappa shape index (κ1) is 10.8. The van der Waals surface area contributed by atoms with Crippen molar-refractivity contribution in [2.75, 3.05) is 18.9 Å². The maximum Gasteiger partial charge on any atom is 0.235 e. The summed E-state index contributed by atoms with van der Waals surface area (Å²) in [7, 11) is -2.64. The standard InChI is InChI=1S/C10H15NO3P/c11-10-4-2-9(3-5-10)8-15(12)13-6-1-7-14-15/h2-5,12H,1,6-8,11H2. The second-order valence-corrected chi connectivity index (χ2v) is 5.66. The van der Waals surface area contributed by atoms with E-state index in [2.05, 4.69) is 0 Å². The zero-order valence-corrected chi connectivity index (χ0v) is 9.32. The van der Waals surface area contributed by atoms with Crippen LogP contribution in [-0.4, -0.2) is 18.1 Å². The van der Waals surface area contributed by atoms with Gasteiger partial charge in [-0.1, -0.05) is 12.1 Å². The van der Waals surface area contributed by atoms with Gasteiger partial charge in [-0.25, -0.2) is 0 Å². The fraction of sp³-hybridized carbons (Fsp3) is 0.400. The number of nitrogens with two attached hydrogens (primary N) is 1. The van der Waals surface area contributed by atoms with Crippen molar-refractivity contribution in [1.29, 1.82) is 0 Å². The Kier molecular flexibility index (Phi) is 3.22. The molecule has 0 aromatic heterocycles. The molecule has 0 saturated carbocycles. The molecule has 1 aliphatic heterocycles. The maximum atomic E-state index is 10.0. The molecule has 1 fully saturated rings. The van der Waals surface area contributed by atoms with Crippen molar-refractivity contribution in [2.24, 2.45) is 0 Å². The highest BCUT2D eigenvalue weighted by molar-refractivity contribution is 7.59. The number of rotatable bonds is 2. The van der Waals surface area contributed by atoms with E-state index in [1.165, 1.54) is 0 Å². The summed E-state index contributed by atoms with van der Waals surface area (Å²) in [4.78, 5) is 10.0. The summed E-state index contributed by atoms with van der Waals surface area (Å²) < 4.78 is 10.6. The quantitative estimate of drug-likeness (QED) is 0.600. The average molecular weight is 228 g/mol. The third-order valence-corrected chi connectivity index (χ3v) is 4.17. The zero-order chi connectivity index (χ0) is 10.7. The van der Waals surface area contributed by atoms with Crippen LogP contribution in [0.4, 0.5) is 5.69 Å². The topological polar surface area (TPSA) is 64.7 Å². The third-order valence-electron chi connectivity index (χ3n) is 2.24. The van der Waals surface area contributed by atoms with Gasteiger partial charge in [-0.2, -0.15) is 0 Å². The van der Waals surface area contributed by atoms with Crippen molar-refractivity contribution in [3.05, 3.63) is 29.8 Å². The van der Waals surface area contributed by atoms with Crippen LogP contribution in [0.2, 0.25) is 0 Å². The molecule has 0 bridgehead atoms. The summed E-state index contributed by atoms with van der Waals surface area (Å²) in [6, 6.07) is 7.39. The molecule has 0 unspecified atom stereocenters. The number of hydrogen-bond donors (Lipinski definition) is 2. The minimum absolute atomic E-state index is 0.438. The van der Waals surface area contributed by atoms with E-state index in [0.29, 0.717) is 19.4 Å². The highest BCUT2D eigenvalue weighted by atomic mass is 31.2. The van der Waals surface area contributed by atoms with E-state index in [1.807, 2.05) is 24.3 Å². The minimum Gasteiger partial charge on any atom is -0.399 e. The molecule has 5 heteroatoms. The molecule has 1 aromatic carbocycles. The van der Waals surface area contributed by atoms with Crippen molar-refractivity contribution < 1.29 is 13.9 Å². The van der Waals surface area contributed by atoms with Gasteiger partial charge in [-0.3, -0.25) is 0 Å². The van der Waals surface area contributed by atoms with E-state index < -0.39 is 7.94 Å². The van der Waals surface area contributed by atoms with Crippen LogP contribution in [0.5, 0.6) is 0 Å². The number of anilines is 1. The normalized spacial score (nSPS) is 20.1. The summed E-state index contributed by atoms with van der Waals surface area (Å²) in [5, 5.41) is 0. The lowest BCUT2D eigenvalue weighted by Crippen LogP contribution is -2.14. The van der Waals surface area contributed by atoms with Crippen LogP contribution in [0.15, 0.2) is 24.3 Å². The predicted molar refractivity (Wildman–Crippen MR) is 60.2 cm³/mol. The van der Waals surface area contributed by atoms with Crippen molar-refractivity contribution in [2.45, 2.75) is 12.6 Å². The SMILES string of the molecule is Nc1ccc(C[P]2(O)OCCCO2)cc1. The molecule has 1 saturated heterocycles. The van der Waals surface area contributed by atoms with Gasteiger partial charge >= 0.3 is 0 Å². The summed E-state index contributed by atoms with van der Waals surface area (Å²) >= 11 is 0. The van der Waals surface area contributed by atoms with Gasteiger partial charge in [0, 0.05) is 5.69 Å². The van der Waals surface area contributed by atoms with Crippen LogP contribution < -0.4 is 5.73 Å². The maximum absolute atomic E-state index is 10.0. The number of nitrogen functional groups attached to an aromatic ring is 1. The van der Waals surface area contributed by atoms with Gasteiger partial charge in [-0.15, -0.1) is 0 Å². The Morgan fingerprint density at radius 1 is 1.20 bits per heavy atom. The Hall–Kier alpha value is -0.670. The van der Waals surface area contributed by atoms with Crippen LogP contribution in [-0.2, 0) is 15.2 Å². The first-order valence-electron chi connectivity index (χ1n) is 4.92. The first-order chi connectivity index (χ1) is 7.18. The van der Waals surface area contributed by atoms with Crippen LogP contribution in [0.1, 0.15) is 12.0 Å². The molecule has 4 nitrogen and oxygen atoms in total. The van der Waals surface area contributed by atoms with Crippen molar-refractivity contribution in [3.63, 3.8) is 0 Å². The van der Waals surface area contributed by atoms with E-state index in [9.17, 15) is 4.89 Å². The summed E-state index contributed by atoms with van der Waals surface area (Å²) in [5.74, 6) is 0. The molecule has 15 heavy (non-hydrogen) atoms. The Balaban J connectivity index is 2.03. The second-order valence-electron chi connectivity index (χ2n) is 3.56. The van der Waals surface area contributed by atoms with Crippen molar-refractivity contribution in [3.8, 4) is 0 Å². The smallest absolute Gasteiger partial charge is 0.235 e. The molecule has 1 heterocycles. The van der Waals surface area contributed by atoms with Crippen LogP contribution in [0.3, 0.4) is 0 Å². The highest BCUT2D eigenvalue weighted by Gasteiger charge is 2.30.